The van der Waals surface area contributed by atoms with Gasteiger partial charge in [-0.3, -0.25) is 4.79 Å². The molecular weight excluding hydrogens is 260 g/mol. The van der Waals surface area contributed by atoms with Gasteiger partial charge < -0.3 is 20.1 Å². The Balaban J connectivity index is 2.30. The number of morpholine rings is 1. The van der Waals surface area contributed by atoms with Crippen molar-refractivity contribution in [1.82, 2.24) is 10.2 Å². The van der Waals surface area contributed by atoms with E-state index in [9.17, 15) is 9.59 Å². The maximum Gasteiger partial charge on any atom is 0.317 e. The van der Waals surface area contributed by atoms with Crippen LogP contribution in [0.3, 0.4) is 0 Å². The molecule has 2 N–H and O–H groups in total. The average Bonchev–Trinajstić information content (AvgIpc) is 2.37. The van der Waals surface area contributed by atoms with Crippen LogP contribution in [0.25, 0.3) is 0 Å². The molecule has 1 aliphatic heterocycles. The summed E-state index contributed by atoms with van der Waals surface area (Å²) in [7, 11) is 0. The molecule has 1 atom stereocenters. The number of nitrogens with one attached hydrogen (secondary N) is 1. The smallest absolute Gasteiger partial charge is 0.317 e. The van der Waals surface area contributed by atoms with Gasteiger partial charge in [-0.05, 0) is 12.3 Å². The normalized spacial score (nSPS) is 19.1. The first-order valence-corrected chi connectivity index (χ1v) is 7.34. The molecular formula is C14H26N2O4. The van der Waals surface area contributed by atoms with Crippen LogP contribution in [0.15, 0.2) is 0 Å². The SMILES string of the molecule is CC(C)CCCCNC(=O)N1CCOCC1CC(=O)O. The highest BCUT2D eigenvalue weighted by Gasteiger charge is 2.28. The molecule has 0 spiro atoms. The minimum absolute atomic E-state index is 0.0687. The quantitative estimate of drug-likeness (QED) is 0.698. The van der Waals surface area contributed by atoms with Gasteiger partial charge in [-0.15, -0.1) is 0 Å². The summed E-state index contributed by atoms with van der Waals surface area (Å²) in [5.74, 6) is -0.222. The van der Waals surface area contributed by atoms with E-state index in [2.05, 4.69) is 19.2 Å². The van der Waals surface area contributed by atoms with Crippen LogP contribution in [0.4, 0.5) is 4.79 Å². The van der Waals surface area contributed by atoms with Gasteiger partial charge in [0, 0.05) is 13.1 Å². The molecule has 6 nitrogen and oxygen atoms in total. The number of ether oxygens (including phenoxy) is 1. The molecule has 1 saturated heterocycles. The summed E-state index contributed by atoms with van der Waals surface area (Å²) in [6, 6.07) is -0.541. The Kier molecular flexibility index (Phi) is 7.36. The predicted molar refractivity (Wildman–Crippen MR) is 75.7 cm³/mol. The standard InChI is InChI=1S/C14H26N2O4/c1-11(2)5-3-4-6-15-14(19)16-7-8-20-10-12(16)9-13(17)18/h11-12H,3-10H2,1-2H3,(H,15,19)(H,17,18). The van der Waals surface area contributed by atoms with Crippen molar-refractivity contribution in [3.63, 3.8) is 0 Å². The number of amides is 2. The number of urea groups is 1. The van der Waals surface area contributed by atoms with E-state index >= 15 is 0 Å². The predicted octanol–water partition coefficient (Wildman–Crippen LogP) is 1.70. The zero-order valence-corrected chi connectivity index (χ0v) is 12.4. The van der Waals surface area contributed by atoms with E-state index in [4.69, 9.17) is 9.84 Å². The fourth-order valence-corrected chi connectivity index (χ4v) is 2.27. The molecule has 0 saturated carbocycles. The minimum Gasteiger partial charge on any atom is -0.481 e. The Labute approximate surface area is 120 Å². The molecule has 0 aliphatic carbocycles. The molecule has 1 unspecified atom stereocenters. The van der Waals surface area contributed by atoms with Crippen LogP contribution in [0.1, 0.15) is 39.5 Å². The van der Waals surface area contributed by atoms with Gasteiger partial charge in [0.05, 0.1) is 25.7 Å². The van der Waals surface area contributed by atoms with E-state index in [1.165, 1.54) is 0 Å². The van der Waals surface area contributed by atoms with Crippen molar-refractivity contribution in [2.75, 3.05) is 26.3 Å². The third-order valence-electron chi connectivity index (χ3n) is 3.38. The van der Waals surface area contributed by atoms with Gasteiger partial charge in [0.25, 0.3) is 0 Å². The third kappa shape index (κ3) is 6.23. The molecule has 0 aromatic rings. The number of nitrogens with zero attached hydrogens (tertiary/aromatic N) is 1. The Hall–Kier alpha value is -1.30. The molecule has 0 radical (unpaired) electrons. The number of aliphatic carboxylic acids is 1. The zero-order valence-electron chi connectivity index (χ0n) is 12.4. The van der Waals surface area contributed by atoms with E-state index in [1.54, 1.807) is 4.90 Å². The van der Waals surface area contributed by atoms with Crippen molar-refractivity contribution in [2.24, 2.45) is 5.92 Å². The van der Waals surface area contributed by atoms with Gasteiger partial charge in [-0.25, -0.2) is 4.79 Å². The molecule has 20 heavy (non-hydrogen) atoms. The largest absolute Gasteiger partial charge is 0.481 e. The number of carbonyl (C=O) groups excluding carboxylic acids is 1. The summed E-state index contributed by atoms with van der Waals surface area (Å²) < 4.78 is 5.25. The van der Waals surface area contributed by atoms with Crippen molar-refractivity contribution >= 4 is 12.0 Å². The summed E-state index contributed by atoms with van der Waals surface area (Å²) in [6.07, 6.45) is 3.15. The second kappa shape index (κ2) is 8.79. The van der Waals surface area contributed by atoms with Gasteiger partial charge in [0.15, 0.2) is 0 Å². The summed E-state index contributed by atoms with van der Waals surface area (Å²) in [4.78, 5) is 24.4. The maximum absolute atomic E-state index is 12.1. The van der Waals surface area contributed by atoms with Crippen LogP contribution in [-0.2, 0) is 9.53 Å². The number of hydrogen-bond acceptors (Lipinski definition) is 3. The number of carboxylic acid groups (broad SMARTS) is 1. The van der Waals surface area contributed by atoms with Crippen LogP contribution < -0.4 is 5.32 Å². The van der Waals surface area contributed by atoms with E-state index in [0.717, 1.165) is 19.3 Å². The van der Waals surface area contributed by atoms with Crippen molar-refractivity contribution < 1.29 is 19.4 Å². The first-order chi connectivity index (χ1) is 9.50. The molecule has 1 heterocycles. The maximum atomic E-state index is 12.1. The van der Waals surface area contributed by atoms with Gasteiger partial charge in [-0.1, -0.05) is 26.7 Å². The Morgan fingerprint density at radius 1 is 1.40 bits per heavy atom. The summed E-state index contributed by atoms with van der Waals surface area (Å²) in [6.45, 7) is 6.23. The fourth-order valence-electron chi connectivity index (χ4n) is 2.27. The van der Waals surface area contributed by atoms with Crippen LogP contribution in [-0.4, -0.2) is 54.4 Å². The van der Waals surface area contributed by atoms with Gasteiger partial charge in [0.1, 0.15) is 0 Å². The number of carbonyl (C=O) groups is 2. The third-order valence-corrected chi connectivity index (χ3v) is 3.38. The topological polar surface area (TPSA) is 78.9 Å². The highest BCUT2D eigenvalue weighted by atomic mass is 16.5. The Bertz CT molecular complexity index is 320. The highest BCUT2D eigenvalue weighted by molar-refractivity contribution is 5.76. The average molecular weight is 286 g/mol. The molecule has 0 aromatic heterocycles. The van der Waals surface area contributed by atoms with Gasteiger partial charge in [-0.2, -0.15) is 0 Å². The van der Waals surface area contributed by atoms with Gasteiger partial charge >= 0.3 is 12.0 Å². The zero-order chi connectivity index (χ0) is 15.0. The number of hydrogen-bond donors (Lipinski definition) is 2. The monoisotopic (exact) mass is 286 g/mol. The number of unbranched alkanes of at least 4 members (excludes halogenated alkanes) is 1. The molecule has 1 fully saturated rings. The molecule has 116 valence electrons. The lowest BCUT2D eigenvalue weighted by Crippen LogP contribution is -2.53. The second-order valence-corrected chi connectivity index (χ2v) is 5.64. The molecule has 2 amide bonds. The summed E-state index contributed by atoms with van der Waals surface area (Å²) in [5, 5.41) is 11.7. The molecule has 0 bridgehead atoms. The summed E-state index contributed by atoms with van der Waals surface area (Å²) in [5.41, 5.74) is 0. The Morgan fingerprint density at radius 3 is 2.80 bits per heavy atom. The van der Waals surface area contributed by atoms with Crippen LogP contribution in [0.5, 0.6) is 0 Å². The first kappa shape index (κ1) is 16.8. The molecule has 6 heteroatoms. The second-order valence-electron chi connectivity index (χ2n) is 5.64. The van der Waals surface area contributed by atoms with Crippen LogP contribution >= 0.6 is 0 Å². The Morgan fingerprint density at radius 2 is 2.15 bits per heavy atom. The summed E-state index contributed by atoms with van der Waals surface area (Å²) >= 11 is 0. The molecule has 0 aromatic carbocycles. The van der Waals surface area contributed by atoms with Crippen molar-refractivity contribution in [3.8, 4) is 0 Å². The minimum atomic E-state index is -0.907. The van der Waals surface area contributed by atoms with E-state index < -0.39 is 5.97 Å². The van der Waals surface area contributed by atoms with Crippen molar-refractivity contribution in [1.29, 1.82) is 0 Å². The fraction of sp³-hybridized carbons (Fsp3) is 0.857. The van der Waals surface area contributed by atoms with Crippen LogP contribution in [0.2, 0.25) is 0 Å². The van der Waals surface area contributed by atoms with Crippen molar-refractivity contribution in [2.45, 2.75) is 45.6 Å². The highest BCUT2D eigenvalue weighted by Crippen LogP contribution is 2.11. The van der Waals surface area contributed by atoms with E-state index in [-0.39, 0.29) is 18.5 Å². The van der Waals surface area contributed by atoms with E-state index in [0.29, 0.717) is 32.2 Å². The number of carboxylic acids is 1. The lowest BCUT2D eigenvalue weighted by Gasteiger charge is -2.34. The van der Waals surface area contributed by atoms with E-state index in [1.807, 2.05) is 0 Å². The van der Waals surface area contributed by atoms with Crippen LogP contribution in [0, 0.1) is 5.92 Å². The first-order valence-electron chi connectivity index (χ1n) is 7.34. The lowest BCUT2D eigenvalue weighted by atomic mass is 10.1. The lowest BCUT2D eigenvalue weighted by molar-refractivity contribution is -0.139. The number of rotatable bonds is 7. The molecule has 1 aliphatic rings. The van der Waals surface area contributed by atoms with Crippen molar-refractivity contribution in [3.05, 3.63) is 0 Å². The van der Waals surface area contributed by atoms with Gasteiger partial charge in [0.2, 0.25) is 0 Å². The molecule has 1 rings (SSSR count).